The maximum absolute atomic E-state index is 11.6. The van der Waals surface area contributed by atoms with Crippen LogP contribution < -0.4 is 4.90 Å². The molecule has 0 aliphatic carbocycles. The van der Waals surface area contributed by atoms with Crippen LogP contribution in [0.5, 0.6) is 0 Å². The summed E-state index contributed by atoms with van der Waals surface area (Å²) < 4.78 is 4.64. The average Bonchev–Trinajstić information content (AvgIpc) is 2.42. The molecule has 20 heavy (non-hydrogen) atoms. The fourth-order valence-electron chi connectivity index (χ4n) is 1.88. The molecule has 0 aromatic heterocycles. The maximum Gasteiger partial charge on any atom is 0.337 e. The zero-order valence-corrected chi connectivity index (χ0v) is 11.8. The molecular weight excluding hydrogens is 260 g/mol. The van der Waals surface area contributed by atoms with Crippen LogP contribution in [0.25, 0.3) is 0 Å². The molecule has 0 N–H and O–H groups in total. The molecule has 6 heteroatoms. The van der Waals surface area contributed by atoms with Crippen LogP contribution in [-0.2, 0) is 4.74 Å². The number of nitrogens with zero attached hydrogens (tertiary/aromatic N) is 2. The lowest BCUT2D eigenvalue weighted by molar-refractivity contribution is -0.384. The molecule has 0 heterocycles. The average molecular weight is 278 g/mol. The van der Waals surface area contributed by atoms with E-state index >= 15 is 0 Å². The highest BCUT2D eigenvalue weighted by molar-refractivity contribution is 5.91. The first kappa shape index (κ1) is 15.7. The van der Waals surface area contributed by atoms with Crippen molar-refractivity contribution in [3.8, 4) is 0 Å². The van der Waals surface area contributed by atoms with Gasteiger partial charge in [0, 0.05) is 18.7 Å². The zero-order chi connectivity index (χ0) is 15.3. The van der Waals surface area contributed by atoms with Gasteiger partial charge in [0.1, 0.15) is 5.69 Å². The predicted molar refractivity (Wildman–Crippen MR) is 77.1 cm³/mol. The van der Waals surface area contributed by atoms with E-state index in [1.807, 2.05) is 13.8 Å². The van der Waals surface area contributed by atoms with Gasteiger partial charge in [-0.2, -0.15) is 0 Å². The molecule has 1 rings (SSSR count). The zero-order valence-electron chi connectivity index (χ0n) is 11.8. The Hall–Kier alpha value is -2.37. The Morgan fingerprint density at radius 1 is 1.55 bits per heavy atom. The molecule has 0 saturated carbocycles. The summed E-state index contributed by atoms with van der Waals surface area (Å²) in [5.74, 6) is -0.525. The quantitative estimate of drug-likeness (QED) is 0.346. The van der Waals surface area contributed by atoms with Crippen molar-refractivity contribution in [3.63, 3.8) is 0 Å². The summed E-state index contributed by atoms with van der Waals surface area (Å²) in [5.41, 5.74) is 0.615. The van der Waals surface area contributed by atoms with Gasteiger partial charge in [-0.05, 0) is 26.0 Å². The Morgan fingerprint density at radius 3 is 2.65 bits per heavy atom. The molecule has 0 amide bonds. The van der Waals surface area contributed by atoms with Crippen LogP contribution in [-0.4, -0.2) is 30.6 Å². The molecular formula is C14H18N2O4. The first-order valence-corrected chi connectivity index (χ1v) is 6.16. The minimum atomic E-state index is -0.525. The third kappa shape index (κ3) is 3.34. The van der Waals surface area contributed by atoms with Crippen LogP contribution in [0.15, 0.2) is 30.9 Å². The molecule has 0 aliphatic heterocycles. The van der Waals surface area contributed by atoms with Crippen LogP contribution in [0.2, 0.25) is 0 Å². The van der Waals surface area contributed by atoms with Crippen molar-refractivity contribution in [1.29, 1.82) is 0 Å². The summed E-state index contributed by atoms with van der Waals surface area (Å²) >= 11 is 0. The van der Waals surface area contributed by atoms with Gasteiger partial charge in [-0.25, -0.2) is 4.79 Å². The number of carbonyl (C=O) groups is 1. The molecule has 0 aliphatic rings. The number of methoxy groups -OCH3 is 1. The van der Waals surface area contributed by atoms with Crippen molar-refractivity contribution in [3.05, 3.63) is 46.5 Å². The van der Waals surface area contributed by atoms with E-state index in [1.165, 1.54) is 25.3 Å². The van der Waals surface area contributed by atoms with Crippen LogP contribution in [0, 0.1) is 10.1 Å². The fourth-order valence-corrected chi connectivity index (χ4v) is 1.88. The van der Waals surface area contributed by atoms with Gasteiger partial charge in [-0.15, -0.1) is 6.58 Å². The molecule has 0 radical (unpaired) electrons. The molecule has 0 fully saturated rings. The van der Waals surface area contributed by atoms with Crippen LogP contribution in [0.1, 0.15) is 24.2 Å². The van der Waals surface area contributed by atoms with Gasteiger partial charge in [-0.3, -0.25) is 10.1 Å². The summed E-state index contributed by atoms with van der Waals surface area (Å²) in [7, 11) is 1.27. The number of hydrogen-bond donors (Lipinski definition) is 0. The van der Waals surface area contributed by atoms with E-state index in [2.05, 4.69) is 11.3 Å². The van der Waals surface area contributed by atoms with Gasteiger partial charge in [0.2, 0.25) is 0 Å². The normalized spacial score (nSPS) is 10.2. The maximum atomic E-state index is 11.6. The standard InChI is InChI=1S/C14H18N2O4/c1-5-8-15(10(2)3)13-9-11(14(17)20-4)6-7-12(13)16(18)19/h5-7,9-10H,1,8H2,2-4H3. The van der Waals surface area contributed by atoms with Crippen molar-refractivity contribution in [1.82, 2.24) is 0 Å². The van der Waals surface area contributed by atoms with Crippen LogP contribution >= 0.6 is 0 Å². The third-order valence-corrected chi connectivity index (χ3v) is 2.85. The smallest absolute Gasteiger partial charge is 0.337 e. The van der Waals surface area contributed by atoms with E-state index in [9.17, 15) is 14.9 Å². The van der Waals surface area contributed by atoms with Gasteiger partial charge in [-0.1, -0.05) is 6.08 Å². The van der Waals surface area contributed by atoms with Gasteiger partial charge in [0.05, 0.1) is 17.6 Å². The number of carbonyl (C=O) groups excluding carboxylic acids is 1. The summed E-state index contributed by atoms with van der Waals surface area (Å²) in [6.07, 6.45) is 1.66. The molecule has 0 unspecified atom stereocenters. The molecule has 0 saturated heterocycles. The molecule has 1 aromatic rings. The lowest BCUT2D eigenvalue weighted by Gasteiger charge is -2.27. The molecule has 0 atom stereocenters. The highest BCUT2D eigenvalue weighted by Gasteiger charge is 2.22. The van der Waals surface area contributed by atoms with Crippen molar-refractivity contribution < 1.29 is 14.5 Å². The first-order valence-electron chi connectivity index (χ1n) is 6.16. The number of rotatable bonds is 6. The van der Waals surface area contributed by atoms with E-state index in [1.54, 1.807) is 11.0 Å². The number of anilines is 1. The van der Waals surface area contributed by atoms with Crippen molar-refractivity contribution in [2.24, 2.45) is 0 Å². The Labute approximate surface area is 117 Å². The number of benzene rings is 1. The van der Waals surface area contributed by atoms with E-state index in [0.29, 0.717) is 12.2 Å². The lowest BCUT2D eigenvalue weighted by Crippen LogP contribution is -2.31. The molecule has 108 valence electrons. The number of ether oxygens (including phenoxy) is 1. The second kappa shape index (κ2) is 6.70. The Bertz CT molecular complexity index is 526. The third-order valence-electron chi connectivity index (χ3n) is 2.85. The molecule has 0 spiro atoms. The van der Waals surface area contributed by atoms with Gasteiger partial charge < -0.3 is 9.64 Å². The summed E-state index contributed by atoms with van der Waals surface area (Å²) in [5, 5.41) is 11.1. The topological polar surface area (TPSA) is 72.7 Å². The van der Waals surface area contributed by atoms with E-state index in [0.717, 1.165) is 0 Å². The summed E-state index contributed by atoms with van der Waals surface area (Å²) in [6.45, 7) is 7.93. The van der Waals surface area contributed by atoms with E-state index in [-0.39, 0.29) is 17.3 Å². The highest BCUT2D eigenvalue weighted by Crippen LogP contribution is 2.30. The largest absolute Gasteiger partial charge is 0.465 e. The van der Waals surface area contributed by atoms with Gasteiger partial charge in [0.25, 0.3) is 5.69 Å². The van der Waals surface area contributed by atoms with Gasteiger partial charge in [0.15, 0.2) is 0 Å². The molecule has 1 aromatic carbocycles. The number of esters is 1. The minimum absolute atomic E-state index is 0.0274. The van der Waals surface area contributed by atoms with Gasteiger partial charge >= 0.3 is 5.97 Å². The number of hydrogen-bond acceptors (Lipinski definition) is 5. The minimum Gasteiger partial charge on any atom is -0.465 e. The Kier molecular flexibility index (Phi) is 5.25. The Morgan fingerprint density at radius 2 is 2.20 bits per heavy atom. The van der Waals surface area contributed by atoms with E-state index in [4.69, 9.17) is 0 Å². The molecule has 0 bridgehead atoms. The van der Waals surface area contributed by atoms with Crippen molar-refractivity contribution in [2.45, 2.75) is 19.9 Å². The predicted octanol–water partition coefficient (Wildman–Crippen LogP) is 2.78. The first-order chi connectivity index (χ1) is 9.42. The van der Waals surface area contributed by atoms with Crippen molar-refractivity contribution in [2.75, 3.05) is 18.6 Å². The molecule has 6 nitrogen and oxygen atoms in total. The Balaban J connectivity index is 3.40. The van der Waals surface area contributed by atoms with Crippen LogP contribution in [0.4, 0.5) is 11.4 Å². The monoisotopic (exact) mass is 278 g/mol. The SMILES string of the molecule is C=CCN(c1cc(C(=O)OC)ccc1[N+](=O)[O-])C(C)C. The van der Waals surface area contributed by atoms with E-state index < -0.39 is 10.9 Å². The second-order valence-electron chi connectivity index (χ2n) is 4.49. The van der Waals surface area contributed by atoms with Crippen LogP contribution in [0.3, 0.4) is 0 Å². The number of nitro groups is 1. The second-order valence-corrected chi connectivity index (χ2v) is 4.49. The lowest BCUT2D eigenvalue weighted by atomic mass is 10.1. The summed E-state index contributed by atoms with van der Waals surface area (Å²) in [6, 6.07) is 4.22. The summed E-state index contributed by atoms with van der Waals surface area (Å²) in [4.78, 5) is 24.0. The highest BCUT2D eigenvalue weighted by atomic mass is 16.6. The van der Waals surface area contributed by atoms with Crippen molar-refractivity contribution >= 4 is 17.3 Å². The number of nitro benzene ring substituents is 1. The fraction of sp³-hybridized carbons (Fsp3) is 0.357.